The second-order valence-electron chi connectivity index (χ2n) is 9.13. The van der Waals surface area contributed by atoms with Crippen molar-refractivity contribution < 1.29 is 4.74 Å². The lowest BCUT2D eigenvalue weighted by Gasteiger charge is -2.39. The van der Waals surface area contributed by atoms with Gasteiger partial charge in [0.2, 0.25) is 0 Å². The first-order chi connectivity index (χ1) is 15.8. The van der Waals surface area contributed by atoms with Crippen molar-refractivity contribution >= 4 is 5.82 Å². The largest absolute Gasteiger partial charge is 0.379 e. The first-order valence-corrected chi connectivity index (χ1v) is 11.8. The number of rotatable bonds is 4. The number of aromatic nitrogens is 3. The average molecular weight is 428 g/mol. The number of anilines is 1. The van der Waals surface area contributed by atoms with Crippen molar-refractivity contribution in [2.75, 3.05) is 31.6 Å². The van der Waals surface area contributed by atoms with Crippen LogP contribution in [0.4, 0.5) is 5.82 Å². The number of nitrogens with one attached hydrogen (secondary N) is 1. The first-order valence-electron chi connectivity index (χ1n) is 11.8. The molecule has 32 heavy (non-hydrogen) atoms. The van der Waals surface area contributed by atoms with Crippen molar-refractivity contribution in [2.24, 2.45) is 0 Å². The van der Waals surface area contributed by atoms with E-state index >= 15 is 0 Å². The quantitative estimate of drug-likeness (QED) is 0.528. The smallest absolute Gasteiger partial charge is 0.137 e. The second-order valence-corrected chi connectivity index (χ2v) is 9.13. The van der Waals surface area contributed by atoms with Gasteiger partial charge in [0.1, 0.15) is 12.1 Å². The molecule has 3 aromatic rings. The van der Waals surface area contributed by atoms with E-state index < -0.39 is 0 Å². The van der Waals surface area contributed by atoms with Crippen molar-refractivity contribution in [3.05, 3.63) is 60.3 Å². The molecule has 0 bridgehead atoms. The van der Waals surface area contributed by atoms with E-state index in [-0.39, 0.29) is 0 Å². The number of benzene rings is 1. The minimum Gasteiger partial charge on any atom is -0.379 e. The molecule has 1 aromatic carbocycles. The van der Waals surface area contributed by atoms with Crippen LogP contribution in [0.5, 0.6) is 0 Å². The zero-order valence-electron chi connectivity index (χ0n) is 18.3. The van der Waals surface area contributed by atoms with E-state index in [4.69, 9.17) is 9.72 Å². The third-order valence-corrected chi connectivity index (χ3v) is 7.28. The number of pyridine rings is 1. The molecular weight excluding hydrogens is 398 g/mol. The molecule has 0 radical (unpaired) electrons. The molecule has 6 rings (SSSR count). The molecule has 0 unspecified atom stereocenters. The van der Waals surface area contributed by atoms with Crippen molar-refractivity contribution in [3.8, 4) is 22.3 Å². The Balaban J connectivity index is 1.22. The van der Waals surface area contributed by atoms with E-state index in [9.17, 15) is 0 Å². The minimum atomic E-state index is 0.471. The van der Waals surface area contributed by atoms with Gasteiger partial charge in [-0.3, -0.25) is 9.88 Å². The summed E-state index contributed by atoms with van der Waals surface area (Å²) >= 11 is 0. The van der Waals surface area contributed by atoms with Gasteiger partial charge in [0, 0.05) is 49.6 Å². The summed E-state index contributed by atoms with van der Waals surface area (Å²) in [6.07, 6.45) is 11.1. The average Bonchev–Trinajstić information content (AvgIpc) is 3.24. The van der Waals surface area contributed by atoms with Gasteiger partial charge in [-0.2, -0.15) is 0 Å². The molecule has 6 heteroatoms. The lowest BCUT2D eigenvalue weighted by Crippen LogP contribution is -2.46. The predicted molar refractivity (Wildman–Crippen MR) is 126 cm³/mol. The molecule has 3 heterocycles. The fraction of sp³-hybridized carbons (Fsp3) is 0.423. The number of hydrogen-bond acceptors (Lipinski definition) is 6. The van der Waals surface area contributed by atoms with Crippen LogP contribution in [0.25, 0.3) is 22.3 Å². The van der Waals surface area contributed by atoms with Crippen LogP contribution < -0.4 is 5.32 Å². The highest BCUT2D eigenvalue weighted by atomic mass is 16.5. The fourth-order valence-electron chi connectivity index (χ4n) is 5.54. The van der Waals surface area contributed by atoms with Gasteiger partial charge in [-0.15, -0.1) is 0 Å². The summed E-state index contributed by atoms with van der Waals surface area (Å²) in [6, 6.07) is 12.0. The van der Waals surface area contributed by atoms with Gasteiger partial charge in [-0.25, -0.2) is 9.97 Å². The lowest BCUT2D eigenvalue weighted by molar-refractivity contribution is 0.00791. The molecule has 2 aromatic heterocycles. The van der Waals surface area contributed by atoms with Gasteiger partial charge in [-0.1, -0.05) is 12.1 Å². The molecular formula is C26H29N5O. The Morgan fingerprint density at radius 1 is 0.906 bits per heavy atom. The molecule has 3 aliphatic rings. The highest BCUT2D eigenvalue weighted by Crippen LogP contribution is 2.42. The molecule has 0 amide bonds. The molecule has 1 N–H and O–H groups in total. The standard InChI is InChI=1S/C26H29N5O/c1-2-20-16-24-25(23(20)15-19(1)18-7-9-27-10-8-18)26(29-17-28-24)30-21-3-5-22(6-4-21)31-11-13-32-14-12-31/h1-2,7-10,15,17,21-22H,3-6,11-14,16H2,(H,28,29,30). The SMILES string of the molecule is c1cc(-c2ccc3c(c2)-c2c(ncnc2NC2CCC(N4CCOCC4)CC2)C3)ccn1. The minimum absolute atomic E-state index is 0.471. The molecule has 1 aliphatic heterocycles. The van der Waals surface area contributed by atoms with Crippen LogP contribution in [-0.2, 0) is 11.2 Å². The van der Waals surface area contributed by atoms with Gasteiger partial charge >= 0.3 is 0 Å². The summed E-state index contributed by atoms with van der Waals surface area (Å²) < 4.78 is 5.53. The zero-order valence-corrected chi connectivity index (χ0v) is 18.3. The predicted octanol–water partition coefficient (Wildman–Crippen LogP) is 4.17. The maximum Gasteiger partial charge on any atom is 0.137 e. The number of ether oxygens (including phenoxy) is 1. The van der Waals surface area contributed by atoms with Crippen LogP contribution in [0.3, 0.4) is 0 Å². The van der Waals surface area contributed by atoms with Gasteiger partial charge in [0.15, 0.2) is 0 Å². The highest BCUT2D eigenvalue weighted by molar-refractivity contribution is 5.86. The Kier molecular flexibility index (Phi) is 5.33. The van der Waals surface area contributed by atoms with Crippen LogP contribution in [-0.4, -0.2) is 58.2 Å². The molecule has 164 valence electrons. The van der Waals surface area contributed by atoms with Gasteiger partial charge in [0.05, 0.1) is 18.9 Å². The van der Waals surface area contributed by atoms with Crippen LogP contribution in [0.15, 0.2) is 49.1 Å². The summed E-state index contributed by atoms with van der Waals surface area (Å²) in [4.78, 5) is 16.1. The lowest BCUT2D eigenvalue weighted by atomic mass is 9.89. The van der Waals surface area contributed by atoms with Gasteiger partial charge in [-0.05, 0) is 66.1 Å². The van der Waals surface area contributed by atoms with Gasteiger partial charge < -0.3 is 10.1 Å². The topological polar surface area (TPSA) is 63.2 Å². The van der Waals surface area contributed by atoms with Crippen molar-refractivity contribution in [3.63, 3.8) is 0 Å². The van der Waals surface area contributed by atoms with Crippen LogP contribution in [0, 0.1) is 0 Å². The third kappa shape index (κ3) is 3.78. The summed E-state index contributed by atoms with van der Waals surface area (Å²) in [5.41, 5.74) is 7.31. The zero-order chi connectivity index (χ0) is 21.3. The third-order valence-electron chi connectivity index (χ3n) is 7.28. The van der Waals surface area contributed by atoms with Crippen LogP contribution >= 0.6 is 0 Å². The maximum atomic E-state index is 5.53. The number of hydrogen-bond donors (Lipinski definition) is 1. The van der Waals surface area contributed by atoms with E-state index in [1.165, 1.54) is 53.5 Å². The summed E-state index contributed by atoms with van der Waals surface area (Å²) in [6.45, 7) is 3.93. The Bertz CT molecular complexity index is 1090. The summed E-state index contributed by atoms with van der Waals surface area (Å²) in [5.74, 6) is 0.996. The maximum absolute atomic E-state index is 5.53. The normalized spacial score (nSPS) is 22.9. The fourth-order valence-corrected chi connectivity index (χ4v) is 5.54. The number of morpholine rings is 1. The van der Waals surface area contributed by atoms with Crippen LogP contribution in [0.2, 0.25) is 0 Å². The monoisotopic (exact) mass is 427 g/mol. The molecule has 6 nitrogen and oxygen atoms in total. The van der Waals surface area contributed by atoms with Crippen molar-refractivity contribution in [1.82, 2.24) is 19.9 Å². The first kappa shape index (κ1) is 19.8. The Labute approximate surface area is 189 Å². The van der Waals surface area contributed by atoms with E-state index in [0.717, 1.165) is 44.2 Å². The molecule has 2 aliphatic carbocycles. The van der Waals surface area contributed by atoms with E-state index in [2.05, 4.69) is 50.5 Å². The number of fused-ring (bicyclic) bond motifs is 3. The highest BCUT2D eigenvalue weighted by Gasteiger charge is 2.29. The Morgan fingerprint density at radius 3 is 2.53 bits per heavy atom. The Hall–Kier alpha value is -2.83. The van der Waals surface area contributed by atoms with Crippen molar-refractivity contribution in [2.45, 2.75) is 44.2 Å². The second kappa shape index (κ2) is 8.60. The molecule has 1 saturated heterocycles. The van der Waals surface area contributed by atoms with Gasteiger partial charge in [0.25, 0.3) is 0 Å². The molecule has 2 fully saturated rings. The van der Waals surface area contributed by atoms with E-state index in [1.54, 1.807) is 6.33 Å². The molecule has 0 spiro atoms. The number of nitrogens with zero attached hydrogens (tertiary/aromatic N) is 4. The molecule has 1 saturated carbocycles. The van der Waals surface area contributed by atoms with E-state index in [0.29, 0.717) is 12.1 Å². The molecule has 0 atom stereocenters. The van der Waals surface area contributed by atoms with E-state index in [1.807, 2.05) is 12.4 Å². The summed E-state index contributed by atoms with van der Waals surface area (Å²) in [7, 11) is 0. The summed E-state index contributed by atoms with van der Waals surface area (Å²) in [5, 5.41) is 3.80. The van der Waals surface area contributed by atoms with Crippen LogP contribution in [0.1, 0.15) is 36.9 Å². The Morgan fingerprint density at radius 2 is 1.72 bits per heavy atom. The van der Waals surface area contributed by atoms with Crippen molar-refractivity contribution in [1.29, 1.82) is 0 Å².